The maximum atomic E-state index is 11.9. The molecule has 0 heterocycles. The van der Waals surface area contributed by atoms with Gasteiger partial charge in [0, 0.05) is 5.92 Å². The van der Waals surface area contributed by atoms with E-state index in [1.807, 2.05) is 0 Å². The van der Waals surface area contributed by atoms with Crippen LogP contribution in [-0.2, 0) is 15.6 Å². The minimum atomic E-state index is -0.0437. The zero-order valence-electron chi connectivity index (χ0n) is 11.5. The SMILES string of the molecule is CC(=O)C1CC(C)(C)c2ccccc2C1(C)C. The Hall–Kier alpha value is -1.11. The molecular weight excluding hydrogens is 208 g/mol. The second-order valence-corrected chi connectivity index (χ2v) is 6.52. The summed E-state index contributed by atoms with van der Waals surface area (Å²) in [7, 11) is 0. The Morgan fingerprint density at radius 1 is 1.12 bits per heavy atom. The topological polar surface area (TPSA) is 17.1 Å². The predicted molar refractivity (Wildman–Crippen MR) is 71.3 cm³/mol. The van der Waals surface area contributed by atoms with Gasteiger partial charge in [0.15, 0.2) is 0 Å². The highest BCUT2D eigenvalue weighted by Crippen LogP contribution is 2.49. The molecule has 0 fully saturated rings. The predicted octanol–water partition coefficient (Wildman–Crippen LogP) is 3.85. The van der Waals surface area contributed by atoms with Crippen molar-refractivity contribution in [3.05, 3.63) is 35.4 Å². The van der Waals surface area contributed by atoms with Crippen LogP contribution in [0.1, 0.15) is 52.2 Å². The third-order valence-electron chi connectivity index (χ3n) is 4.43. The van der Waals surface area contributed by atoms with Gasteiger partial charge in [-0.15, -0.1) is 0 Å². The normalized spacial score (nSPS) is 25.1. The maximum absolute atomic E-state index is 11.9. The van der Waals surface area contributed by atoms with Crippen LogP contribution in [0.3, 0.4) is 0 Å². The summed E-state index contributed by atoms with van der Waals surface area (Å²) in [6.07, 6.45) is 0.951. The van der Waals surface area contributed by atoms with Crippen LogP contribution in [0.4, 0.5) is 0 Å². The molecular formula is C16H22O. The van der Waals surface area contributed by atoms with Crippen molar-refractivity contribution in [2.45, 2.75) is 51.9 Å². The molecule has 0 amide bonds. The van der Waals surface area contributed by atoms with Crippen molar-refractivity contribution in [1.82, 2.24) is 0 Å². The molecule has 1 aliphatic carbocycles. The second-order valence-electron chi connectivity index (χ2n) is 6.52. The Kier molecular flexibility index (Phi) is 2.68. The quantitative estimate of drug-likeness (QED) is 0.716. The van der Waals surface area contributed by atoms with E-state index in [0.29, 0.717) is 5.78 Å². The van der Waals surface area contributed by atoms with Crippen LogP contribution in [0.5, 0.6) is 0 Å². The fourth-order valence-electron chi connectivity index (χ4n) is 3.35. The molecule has 0 aliphatic heterocycles. The Balaban J connectivity index is 2.64. The average molecular weight is 230 g/mol. The van der Waals surface area contributed by atoms with Gasteiger partial charge in [-0.05, 0) is 35.3 Å². The van der Waals surface area contributed by atoms with Crippen molar-refractivity contribution >= 4 is 5.78 Å². The lowest BCUT2D eigenvalue weighted by Crippen LogP contribution is -2.44. The molecule has 1 unspecified atom stereocenters. The van der Waals surface area contributed by atoms with Gasteiger partial charge < -0.3 is 0 Å². The number of rotatable bonds is 1. The Morgan fingerprint density at radius 3 is 2.18 bits per heavy atom. The lowest BCUT2D eigenvalue weighted by molar-refractivity contribution is -0.123. The van der Waals surface area contributed by atoms with Crippen molar-refractivity contribution in [2.75, 3.05) is 0 Å². The number of benzene rings is 1. The van der Waals surface area contributed by atoms with Gasteiger partial charge in [0.2, 0.25) is 0 Å². The van der Waals surface area contributed by atoms with Gasteiger partial charge in [0.25, 0.3) is 0 Å². The van der Waals surface area contributed by atoms with Crippen molar-refractivity contribution in [1.29, 1.82) is 0 Å². The number of carbonyl (C=O) groups excluding carboxylic acids is 1. The smallest absolute Gasteiger partial charge is 0.133 e. The van der Waals surface area contributed by atoms with Gasteiger partial charge in [0.1, 0.15) is 5.78 Å². The first-order valence-corrected chi connectivity index (χ1v) is 6.37. The van der Waals surface area contributed by atoms with Crippen molar-refractivity contribution in [3.8, 4) is 0 Å². The third kappa shape index (κ3) is 1.82. The monoisotopic (exact) mass is 230 g/mol. The molecule has 1 aliphatic rings. The highest BCUT2D eigenvalue weighted by atomic mass is 16.1. The summed E-state index contributed by atoms with van der Waals surface area (Å²) in [5, 5.41) is 0. The van der Waals surface area contributed by atoms with Gasteiger partial charge in [0.05, 0.1) is 0 Å². The number of ketones is 1. The molecule has 0 saturated heterocycles. The molecule has 1 aromatic carbocycles. The Morgan fingerprint density at radius 2 is 1.65 bits per heavy atom. The summed E-state index contributed by atoms with van der Waals surface area (Å²) in [6.45, 7) is 10.6. The molecule has 17 heavy (non-hydrogen) atoms. The summed E-state index contributed by atoms with van der Waals surface area (Å²) in [4.78, 5) is 11.9. The number of hydrogen-bond donors (Lipinski definition) is 0. The van der Waals surface area contributed by atoms with Gasteiger partial charge >= 0.3 is 0 Å². The molecule has 92 valence electrons. The Labute approximate surface area is 104 Å². The lowest BCUT2D eigenvalue weighted by Gasteiger charge is -2.46. The molecule has 1 atom stereocenters. The van der Waals surface area contributed by atoms with E-state index in [1.165, 1.54) is 11.1 Å². The van der Waals surface area contributed by atoms with E-state index >= 15 is 0 Å². The van der Waals surface area contributed by atoms with E-state index in [4.69, 9.17) is 0 Å². The van der Waals surface area contributed by atoms with E-state index < -0.39 is 0 Å². The molecule has 0 radical (unpaired) electrons. The number of Topliss-reactive ketones (excluding diaryl/α,β-unsaturated/α-hetero) is 1. The van der Waals surface area contributed by atoms with Crippen LogP contribution in [-0.4, -0.2) is 5.78 Å². The van der Waals surface area contributed by atoms with E-state index in [0.717, 1.165) is 6.42 Å². The molecule has 1 heteroatoms. The van der Waals surface area contributed by atoms with E-state index in [2.05, 4.69) is 52.0 Å². The summed E-state index contributed by atoms with van der Waals surface area (Å²) in [6, 6.07) is 8.59. The van der Waals surface area contributed by atoms with Crippen LogP contribution in [0.25, 0.3) is 0 Å². The first-order chi connectivity index (χ1) is 7.77. The molecule has 1 nitrogen and oxygen atoms in total. The molecule has 2 rings (SSSR count). The van der Waals surface area contributed by atoms with Crippen LogP contribution < -0.4 is 0 Å². The Bertz CT molecular complexity index is 454. The number of carbonyl (C=O) groups is 1. The van der Waals surface area contributed by atoms with Gasteiger partial charge in [-0.3, -0.25) is 4.79 Å². The van der Waals surface area contributed by atoms with Crippen molar-refractivity contribution in [2.24, 2.45) is 5.92 Å². The summed E-state index contributed by atoms with van der Waals surface area (Å²) >= 11 is 0. The first-order valence-electron chi connectivity index (χ1n) is 6.37. The second kappa shape index (κ2) is 3.69. The standard InChI is InChI=1S/C16H22O/c1-11(17)14-10-15(2,3)12-8-6-7-9-13(12)16(14,4)5/h6-9,14H,10H2,1-5H3. The van der Waals surface area contributed by atoms with Gasteiger partial charge in [-0.1, -0.05) is 52.0 Å². The number of fused-ring (bicyclic) bond motifs is 1. The molecule has 0 bridgehead atoms. The molecule has 0 spiro atoms. The molecule has 0 N–H and O–H groups in total. The van der Waals surface area contributed by atoms with Crippen molar-refractivity contribution < 1.29 is 4.79 Å². The average Bonchev–Trinajstić information content (AvgIpc) is 2.24. The maximum Gasteiger partial charge on any atom is 0.133 e. The largest absolute Gasteiger partial charge is 0.300 e. The van der Waals surface area contributed by atoms with Crippen LogP contribution in [0, 0.1) is 5.92 Å². The fourth-order valence-corrected chi connectivity index (χ4v) is 3.35. The van der Waals surface area contributed by atoms with Gasteiger partial charge in [-0.2, -0.15) is 0 Å². The zero-order chi connectivity index (χ0) is 12.8. The van der Waals surface area contributed by atoms with Crippen LogP contribution >= 0.6 is 0 Å². The summed E-state index contributed by atoms with van der Waals surface area (Å²) in [5.74, 6) is 0.449. The van der Waals surface area contributed by atoms with E-state index in [1.54, 1.807) is 6.92 Å². The molecule has 0 saturated carbocycles. The fraction of sp³-hybridized carbons (Fsp3) is 0.562. The summed E-state index contributed by atoms with van der Waals surface area (Å²) < 4.78 is 0. The molecule has 1 aromatic rings. The third-order valence-corrected chi connectivity index (χ3v) is 4.43. The highest BCUT2D eigenvalue weighted by Gasteiger charge is 2.45. The van der Waals surface area contributed by atoms with Crippen LogP contribution in [0.2, 0.25) is 0 Å². The van der Waals surface area contributed by atoms with E-state index in [9.17, 15) is 4.79 Å². The highest BCUT2D eigenvalue weighted by molar-refractivity contribution is 5.81. The van der Waals surface area contributed by atoms with Crippen molar-refractivity contribution in [3.63, 3.8) is 0 Å². The molecule has 0 aromatic heterocycles. The summed E-state index contributed by atoms with van der Waals surface area (Å²) in [5.41, 5.74) is 2.80. The zero-order valence-corrected chi connectivity index (χ0v) is 11.5. The minimum Gasteiger partial charge on any atom is -0.300 e. The number of hydrogen-bond acceptors (Lipinski definition) is 1. The minimum absolute atomic E-state index is 0.0437. The van der Waals surface area contributed by atoms with Crippen LogP contribution in [0.15, 0.2) is 24.3 Å². The van der Waals surface area contributed by atoms with Gasteiger partial charge in [-0.25, -0.2) is 0 Å². The lowest BCUT2D eigenvalue weighted by atomic mass is 9.57. The first kappa shape index (κ1) is 12.3. The van der Waals surface area contributed by atoms with E-state index in [-0.39, 0.29) is 16.7 Å².